The lowest BCUT2D eigenvalue weighted by atomic mass is 10.1. The Bertz CT molecular complexity index is 565. The monoisotopic (exact) mass is 258 g/mol. The van der Waals surface area contributed by atoms with Crippen LogP contribution in [0.5, 0.6) is 5.75 Å². The zero-order valence-corrected chi connectivity index (χ0v) is 11.4. The molecule has 2 rings (SSSR count). The number of benzene rings is 1. The van der Waals surface area contributed by atoms with Crippen molar-refractivity contribution in [2.75, 3.05) is 5.43 Å². The molecule has 0 bridgehead atoms. The minimum atomic E-state index is 0.313. The Balaban J connectivity index is 2.58. The molecule has 2 aromatic rings. The van der Waals surface area contributed by atoms with Gasteiger partial charge in [-0.2, -0.15) is 0 Å². The van der Waals surface area contributed by atoms with Crippen LogP contribution in [0.3, 0.4) is 0 Å². The van der Waals surface area contributed by atoms with Gasteiger partial charge in [-0.25, -0.2) is 15.8 Å². The van der Waals surface area contributed by atoms with E-state index >= 15 is 0 Å². The summed E-state index contributed by atoms with van der Waals surface area (Å²) >= 11 is 0. The number of phenols is 1. The van der Waals surface area contributed by atoms with Gasteiger partial charge in [-0.05, 0) is 43.5 Å². The molecular formula is C14H18N4O. The molecule has 5 heteroatoms. The quantitative estimate of drug-likeness (QED) is 0.581. The van der Waals surface area contributed by atoms with Crippen molar-refractivity contribution in [3.63, 3.8) is 0 Å². The van der Waals surface area contributed by atoms with Crippen LogP contribution in [0.15, 0.2) is 18.2 Å². The van der Waals surface area contributed by atoms with Gasteiger partial charge in [-0.1, -0.05) is 6.92 Å². The fourth-order valence-electron chi connectivity index (χ4n) is 1.97. The first-order valence-corrected chi connectivity index (χ1v) is 6.20. The number of aromatic hydroxyl groups is 1. The molecule has 0 radical (unpaired) electrons. The minimum Gasteiger partial charge on any atom is -0.507 e. The summed E-state index contributed by atoms with van der Waals surface area (Å²) in [4.78, 5) is 8.85. The molecule has 100 valence electrons. The first-order valence-electron chi connectivity index (χ1n) is 6.20. The first-order chi connectivity index (χ1) is 9.05. The second-order valence-electron chi connectivity index (χ2n) is 4.52. The lowest BCUT2D eigenvalue weighted by Gasteiger charge is -2.09. The third-order valence-electron chi connectivity index (χ3n) is 3.04. The van der Waals surface area contributed by atoms with Crippen molar-refractivity contribution in [1.82, 2.24) is 9.97 Å². The fourth-order valence-corrected chi connectivity index (χ4v) is 1.97. The molecule has 0 amide bonds. The number of nitrogens with one attached hydrogen (secondary N) is 1. The predicted octanol–water partition coefficient (Wildman–Crippen LogP) is 2.31. The van der Waals surface area contributed by atoms with Gasteiger partial charge in [0.15, 0.2) is 5.82 Å². The summed E-state index contributed by atoms with van der Waals surface area (Å²) in [5, 5.41) is 9.81. The number of rotatable bonds is 3. The van der Waals surface area contributed by atoms with Crippen molar-refractivity contribution >= 4 is 5.82 Å². The van der Waals surface area contributed by atoms with Gasteiger partial charge >= 0.3 is 0 Å². The maximum absolute atomic E-state index is 9.81. The normalized spacial score (nSPS) is 10.5. The number of nitrogens with two attached hydrogens (primary N) is 1. The van der Waals surface area contributed by atoms with Crippen LogP contribution in [-0.2, 0) is 6.42 Å². The average molecular weight is 258 g/mol. The summed E-state index contributed by atoms with van der Waals surface area (Å²) in [6.07, 6.45) is 0.806. The van der Waals surface area contributed by atoms with Gasteiger partial charge in [0.05, 0.1) is 0 Å². The van der Waals surface area contributed by atoms with Crippen LogP contribution in [0.1, 0.15) is 23.7 Å². The lowest BCUT2D eigenvalue weighted by molar-refractivity contribution is 0.467. The molecule has 0 aliphatic heterocycles. The predicted molar refractivity (Wildman–Crippen MR) is 75.8 cm³/mol. The van der Waals surface area contributed by atoms with E-state index in [1.165, 1.54) is 0 Å². The third kappa shape index (κ3) is 2.66. The molecule has 0 spiro atoms. The SMILES string of the molecule is CCc1cc(NN)nc(-c2cc(C)c(O)c(C)c2)n1. The van der Waals surface area contributed by atoms with E-state index in [1.54, 1.807) is 0 Å². The van der Waals surface area contributed by atoms with E-state index < -0.39 is 0 Å². The Morgan fingerprint density at radius 3 is 2.32 bits per heavy atom. The Labute approximate surface area is 112 Å². The van der Waals surface area contributed by atoms with E-state index in [4.69, 9.17) is 5.84 Å². The Kier molecular flexibility index (Phi) is 3.66. The number of aromatic nitrogens is 2. The lowest BCUT2D eigenvalue weighted by Crippen LogP contribution is -2.10. The van der Waals surface area contributed by atoms with Crippen molar-refractivity contribution in [1.29, 1.82) is 0 Å². The Morgan fingerprint density at radius 1 is 1.16 bits per heavy atom. The number of hydrogen-bond donors (Lipinski definition) is 3. The highest BCUT2D eigenvalue weighted by Gasteiger charge is 2.09. The molecule has 5 nitrogen and oxygen atoms in total. The number of nitrogens with zero attached hydrogens (tertiary/aromatic N) is 2. The summed E-state index contributed by atoms with van der Waals surface area (Å²) in [7, 11) is 0. The molecule has 19 heavy (non-hydrogen) atoms. The van der Waals surface area contributed by atoms with Crippen LogP contribution in [0, 0.1) is 13.8 Å². The summed E-state index contributed by atoms with van der Waals surface area (Å²) in [6, 6.07) is 5.57. The Morgan fingerprint density at radius 2 is 1.79 bits per heavy atom. The van der Waals surface area contributed by atoms with Gasteiger partial charge in [-0.15, -0.1) is 0 Å². The zero-order valence-electron chi connectivity index (χ0n) is 11.4. The van der Waals surface area contributed by atoms with Gasteiger partial charge in [0, 0.05) is 17.3 Å². The standard InChI is InChI=1S/C14H18N4O/c1-4-11-7-12(18-15)17-14(16-11)10-5-8(2)13(19)9(3)6-10/h5-7,19H,4,15H2,1-3H3,(H,16,17,18). The van der Waals surface area contributed by atoms with Crippen molar-refractivity contribution in [2.45, 2.75) is 27.2 Å². The number of anilines is 1. The molecule has 0 fully saturated rings. The molecule has 1 aromatic carbocycles. The van der Waals surface area contributed by atoms with Crippen LogP contribution in [-0.4, -0.2) is 15.1 Å². The number of aryl methyl sites for hydroxylation is 3. The number of nitrogen functional groups attached to an aromatic ring is 1. The van der Waals surface area contributed by atoms with Crippen molar-refractivity contribution in [3.8, 4) is 17.1 Å². The molecule has 0 atom stereocenters. The number of hydrogen-bond acceptors (Lipinski definition) is 5. The van der Waals surface area contributed by atoms with Crippen LogP contribution in [0.4, 0.5) is 5.82 Å². The molecule has 0 saturated heterocycles. The molecule has 0 unspecified atom stereocenters. The molecule has 4 N–H and O–H groups in total. The van der Waals surface area contributed by atoms with Crippen LogP contribution >= 0.6 is 0 Å². The second-order valence-corrected chi connectivity index (χ2v) is 4.52. The molecule has 0 aliphatic carbocycles. The van der Waals surface area contributed by atoms with E-state index in [-0.39, 0.29) is 0 Å². The molecule has 1 heterocycles. The summed E-state index contributed by atoms with van der Waals surface area (Å²) in [5.74, 6) is 6.93. The summed E-state index contributed by atoms with van der Waals surface area (Å²) in [6.45, 7) is 5.74. The summed E-state index contributed by atoms with van der Waals surface area (Å²) in [5.41, 5.74) is 5.96. The van der Waals surface area contributed by atoms with Crippen molar-refractivity contribution in [2.24, 2.45) is 5.84 Å². The Hall–Kier alpha value is -2.14. The highest BCUT2D eigenvalue weighted by atomic mass is 16.3. The topological polar surface area (TPSA) is 84.1 Å². The number of hydrazine groups is 1. The van der Waals surface area contributed by atoms with E-state index in [9.17, 15) is 5.11 Å². The van der Waals surface area contributed by atoms with E-state index in [0.717, 1.165) is 28.8 Å². The maximum atomic E-state index is 9.81. The van der Waals surface area contributed by atoms with Gasteiger partial charge in [0.2, 0.25) is 0 Å². The molecule has 0 aliphatic rings. The summed E-state index contributed by atoms with van der Waals surface area (Å²) < 4.78 is 0. The highest BCUT2D eigenvalue weighted by Crippen LogP contribution is 2.28. The third-order valence-corrected chi connectivity index (χ3v) is 3.04. The van der Waals surface area contributed by atoms with Gasteiger partial charge < -0.3 is 10.5 Å². The van der Waals surface area contributed by atoms with E-state index in [0.29, 0.717) is 17.4 Å². The maximum Gasteiger partial charge on any atom is 0.161 e. The first kappa shape index (κ1) is 13.3. The smallest absolute Gasteiger partial charge is 0.161 e. The zero-order chi connectivity index (χ0) is 14.0. The van der Waals surface area contributed by atoms with Crippen molar-refractivity contribution in [3.05, 3.63) is 35.0 Å². The molecule has 0 saturated carbocycles. The average Bonchev–Trinajstić information content (AvgIpc) is 2.43. The van der Waals surface area contributed by atoms with Crippen molar-refractivity contribution < 1.29 is 5.11 Å². The van der Waals surface area contributed by atoms with Crippen LogP contribution in [0.2, 0.25) is 0 Å². The van der Waals surface area contributed by atoms with Gasteiger partial charge in [0.25, 0.3) is 0 Å². The molecular weight excluding hydrogens is 240 g/mol. The van der Waals surface area contributed by atoms with E-state index in [1.807, 2.05) is 39.0 Å². The molecule has 1 aromatic heterocycles. The number of phenolic OH excluding ortho intramolecular Hbond substituents is 1. The largest absolute Gasteiger partial charge is 0.507 e. The minimum absolute atomic E-state index is 0.313. The van der Waals surface area contributed by atoms with E-state index in [2.05, 4.69) is 15.4 Å². The fraction of sp³-hybridized carbons (Fsp3) is 0.286. The van der Waals surface area contributed by atoms with Crippen LogP contribution < -0.4 is 11.3 Å². The van der Waals surface area contributed by atoms with Gasteiger partial charge in [0.1, 0.15) is 11.6 Å². The second kappa shape index (κ2) is 5.24. The highest BCUT2D eigenvalue weighted by molar-refractivity contribution is 5.62. The van der Waals surface area contributed by atoms with Gasteiger partial charge in [-0.3, -0.25) is 0 Å². The van der Waals surface area contributed by atoms with Crippen LogP contribution in [0.25, 0.3) is 11.4 Å².